The second-order valence-corrected chi connectivity index (χ2v) is 7.65. The van der Waals surface area contributed by atoms with E-state index in [4.69, 9.17) is 9.47 Å². The van der Waals surface area contributed by atoms with Gasteiger partial charge >= 0.3 is 5.97 Å². The second-order valence-electron chi connectivity index (χ2n) is 5.94. The van der Waals surface area contributed by atoms with Crippen molar-refractivity contribution in [3.05, 3.63) is 64.2 Å². The maximum Gasteiger partial charge on any atom is 0.307 e. The van der Waals surface area contributed by atoms with Crippen molar-refractivity contribution in [2.24, 2.45) is 0 Å². The lowest BCUT2D eigenvalue weighted by molar-refractivity contribution is -0.384. The van der Waals surface area contributed by atoms with Gasteiger partial charge in [-0.05, 0) is 43.7 Å². The molecule has 0 aliphatic rings. The van der Waals surface area contributed by atoms with E-state index >= 15 is 0 Å². The predicted octanol–water partition coefficient (Wildman–Crippen LogP) is 2.97. The minimum absolute atomic E-state index is 0.0276. The largest absolute Gasteiger partial charge is 0.494 e. The standard InChI is InChI=1S/C19H22N2O7S/c1-3-27-16-8-10-17(11-9-16)29(25,26)20-18(13-19(22)28-4-2)14-6-5-7-15(12-14)21(23)24/h5-12,18,20H,3-4,13H2,1-2H3. The summed E-state index contributed by atoms with van der Waals surface area (Å²) in [4.78, 5) is 22.4. The fourth-order valence-electron chi connectivity index (χ4n) is 2.61. The van der Waals surface area contributed by atoms with Crippen LogP contribution in [-0.4, -0.2) is 32.5 Å². The molecule has 0 fully saturated rings. The number of carbonyl (C=O) groups is 1. The van der Waals surface area contributed by atoms with E-state index in [9.17, 15) is 23.3 Å². The number of nitro benzene ring substituents is 1. The van der Waals surface area contributed by atoms with E-state index in [2.05, 4.69) is 4.72 Å². The molecule has 9 nitrogen and oxygen atoms in total. The normalized spacial score (nSPS) is 12.2. The average Bonchev–Trinajstić information content (AvgIpc) is 2.68. The Hall–Kier alpha value is -2.98. The summed E-state index contributed by atoms with van der Waals surface area (Å²) in [5.41, 5.74) is 0.0680. The van der Waals surface area contributed by atoms with Crippen LogP contribution in [0.2, 0.25) is 0 Å². The molecule has 156 valence electrons. The van der Waals surface area contributed by atoms with E-state index in [1.54, 1.807) is 6.92 Å². The lowest BCUT2D eigenvalue weighted by atomic mass is 10.0. The van der Waals surface area contributed by atoms with E-state index in [0.29, 0.717) is 12.4 Å². The maximum atomic E-state index is 12.8. The highest BCUT2D eigenvalue weighted by Gasteiger charge is 2.25. The topological polar surface area (TPSA) is 125 Å². The molecule has 0 spiro atoms. The highest BCUT2D eigenvalue weighted by molar-refractivity contribution is 7.89. The fourth-order valence-corrected chi connectivity index (χ4v) is 3.83. The van der Waals surface area contributed by atoms with Crippen molar-refractivity contribution >= 4 is 21.7 Å². The first-order valence-electron chi connectivity index (χ1n) is 8.92. The molecule has 0 saturated carbocycles. The van der Waals surface area contributed by atoms with Crippen molar-refractivity contribution < 1.29 is 27.6 Å². The molecule has 10 heteroatoms. The Morgan fingerprint density at radius 2 is 1.83 bits per heavy atom. The zero-order valence-corrected chi connectivity index (χ0v) is 16.8. The van der Waals surface area contributed by atoms with Gasteiger partial charge in [-0.2, -0.15) is 0 Å². The van der Waals surface area contributed by atoms with Gasteiger partial charge in [-0.15, -0.1) is 0 Å². The molecule has 0 radical (unpaired) electrons. The van der Waals surface area contributed by atoms with Crippen LogP contribution in [0.25, 0.3) is 0 Å². The number of carbonyl (C=O) groups excluding carboxylic acids is 1. The van der Waals surface area contributed by atoms with Gasteiger partial charge in [0.25, 0.3) is 5.69 Å². The maximum absolute atomic E-state index is 12.8. The Kier molecular flexibility index (Phi) is 7.68. The number of nitrogens with zero attached hydrogens (tertiary/aromatic N) is 1. The molecule has 1 atom stereocenters. The zero-order chi connectivity index (χ0) is 21.4. The predicted molar refractivity (Wildman–Crippen MR) is 105 cm³/mol. The lowest BCUT2D eigenvalue weighted by Crippen LogP contribution is -2.30. The van der Waals surface area contributed by atoms with Crippen LogP contribution in [-0.2, 0) is 19.6 Å². The van der Waals surface area contributed by atoms with Gasteiger partial charge in [-0.1, -0.05) is 12.1 Å². The Labute approximate surface area is 168 Å². The third kappa shape index (κ3) is 6.26. The van der Waals surface area contributed by atoms with Crippen LogP contribution >= 0.6 is 0 Å². The van der Waals surface area contributed by atoms with Gasteiger partial charge in [0, 0.05) is 12.1 Å². The van der Waals surface area contributed by atoms with Gasteiger partial charge in [0.2, 0.25) is 10.0 Å². The van der Waals surface area contributed by atoms with Gasteiger partial charge in [0.1, 0.15) is 5.75 Å². The number of sulfonamides is 1. The third-order valence-electron chi connectivity index (χ3n) is 3.90. The molecule has 0 heterocycles. The molecular weight excluding hydrogens is 400 g/mol. The van der Waals surface area contributed by atoms with Crippen molar-refractivity contribution in [1.29, 1.82) is 0 Å². The Morgan fingerprint density at radius 3 is 2.41 bits per heavy atom. The quantitative estimate of drug-likeness (QED) is 0.354. The molecular formula is C19H22N2O7S. The molecule has 29 heavy (non-hydrogen) atoms. The molecule has 2 rings (SSSR count). The van der Waals surface area contributed by atoms with Gasteiger partial charge in [0.05, 0.1) is 35.5 Å². The van der Waals surface area contributed by atoms with Crippen molar-refractivity contribution in [3.8, 4) is 5.75 Å². The molecule has 2 aromatic rings. The fraction of sp³-hybridized carbons (Fsp3) is 0.316. The number of benzene rings is 2. The van der Waals surface area contributed by atoms with Crippen LogP contribution in [0.3, 0.4) is 0 Å². The molecule has 0 saturated heterocycles. The summed E-state index contributed by atoms with van der Waals surface area (Å²) >= 11 is 0. The number of esters is 1. The summed E-state index contributed by atoms with van der Waals surface area (Å²) < 4.78 is 38.3. The number of nitro groups is 1. The molecule has 0 amide bonds. The number of rotatable bonds is 10. The summed E-state index contributed by atoms with van der Waals surface area (Å²) in [6.45, 7) is 4.01. The smallest absolute Gasteiger partial charge is 0.307 e. The summed E-state index contributed by atoms with van der Waals surface area (Å²) in [7, 11) is -4.02. The van der Waals surface area contributed by atoms with E-state index in [-0.39, 0.29) is 29.2 Å². The van der Waals surface area contributed by atoms with Gasteiger partial charge in [0.15, 0.2) is 0 Å². The van der Waals surface area contributed by atoms with Crippen molar-refractivity contribution in [1.82, 2.24) is 4.72 Å². The Morgan fingerprint density at radius 1 is 1.14 bits per heavy atom. The van der Waals surface area contributed by atoms with Crippen LogP contribution in [0, 0.1) is 10.1 Å². The first-order valence-corrected chi connectivity index (χ1v) is 10.4. The first kappa shape index (κ1) is 22.3. The summed E-state index contributed by atoms with van der Waals surface area (Å²) in [5.74, 6) is -0.105. The van der Waals surface area contributed by atoms with E-state index in [1.807, 2.05) is 6.92 Å². The number of hydrogen-bond donors (Lipinski definition) is 1. The average molecular weight is 422 g/mol. The van der Waals surface area contributed by atoms with E-state index < -0.39 is 27.0 Å². The minimum atomic E-state index is -4.02. The molecule has 0 bridgehead atoms. The highest BCUT2D eigenvalue weighted by atomic mass is 32.2. The second kappa shape index (κ2) is 9.99. The van der Waals surface area contributed by atoms with Gasteiger partial charge in [-0.3, -0.25) is 14.9 Å². The molecule has 2 aromatic carbocycles. The molecule has 1 N–H and O–H groups in total. The van der Waals surface area contributed by atoms with Crippen molar-refractivity contribution in [2.75, 3.05) is 13.2 Å². The van der Waals surface area contributed by atoms with E-state index in [0.717, 1.165) is 0 Å². The summed E-state index contributed by atoms with van der Waals surface area (Å²) in [5, 5.41) is 11.1. The van der Waals surface area contributed by atoms with Gasteiger partial charge < -0.3 is 9.47 Å². The Bertz CT molecular complexity index is 959. The zero-order valence-electron chi connectivity index (χ0n) is 16.0. The van der Waals surface area contributed by atoms with Crippen LogP contribution < -0.4 is 9.46 Å². The summed E-state index contributed by atoms with van der Waals surface area (Å²) in [6.07, 6.45) is -0.314. The number of non-ortho nitro benzene ring substituents is 1. The number of hydrogen-bond acceptors (Lipinski definition) is 7. The van der Waals surface area contributed by atoms with E-state index in [1.165, 1.54) is 48.5 Å². The molecule has 0 aliphatic carbocycles. The monoisotopic (exact) mass is 422 g/mol. The van der Waals surface area contributed by atoms with Gasteiger partial charge in [-0.25, -0.2) is 13.1 Å². The van der Waals surface area contributed by atoms with Crippen molar-refractivity contribution in [3.63, 3.8) is 0 Å². The molecule has 1 unspecified atom stereocenters. The minimum Gasteiger partial charge on any atom is -0.494 e. The highest BCUT2D eigenvalue weighted by Crippen LogP contribution is 2.25. The SMILES string of the molecule is CCOC(=O)CC(NS(=O)(=O)c1ccc(OCC)cc1)c1cccc([N+](=O)[O-])c1. The summed E-state index contributed by atoms with van der Waals surface area (Å²) in [6, 6.07) is 10.2. The molecule has 0 aliphatic heterocycles. The van der Waals surface area contributed by atoms with Crippen LogP contribution in [0.5, 0.6) is 5.75 Å². The Balaban J connectivity index is 2.34. The lowest BCUT2D eigenvalue weighted by Gasteiger charge is -2.18. The van der Waals surface area contributed by atoms with Crippen LogP contribution in [0.1, 0.15) is 31.9 Å². The third-order valence-corrected chi connectivity index (χ3v) is 5.39. The first-order chi connectivity index (χ1) is 13.8. The number of ether oxygens (including phenoxy) is 2. The van der Waals surface area contributed by atoms with Crippen molar-refractivity contribution in [2.45, 2.75) is 31.2 Å². The van der Waals surface area contributed by atoms with Crippen LogP contribution in [0.15, 0.2) is 53.4 Å². The number of nitrogens with one attached hydrogen (secondary N) is 1. The molecule has 0 aromatic heterocycles. The van der Waals surface area contributed by atoms with Crippen LogP contribution in [0.4, 0.5) is 5.69 Å².